The minimum atomic E-state index is -0.374. The normalized spacial score (nSPS) is 19.1. The molecule has 142 valence electrons. The fraction of sp³-hybridized carbons (Fsp3) is 0.304. The summed E-state index contributed by atoms with van der Waals surface area (Å²) in [4.78, 5) is 18.5. The molecule has 2 atom stereocenters. The van der Waals surface area contributed by atoms with E-state index in [-0.39, 0.29) is 18.1 Å². The lowest BCUT2D eigenvalue weighted by atomic mass is 9.89. The Kier molecular flexibility index (Phi) is 5.14. The van der Waals surface area contributed by atoms with Gasteiger partial charge in [-0.1, -0.05) is 48.5 Å². The van der Waals surface area contributed by atoms with E-state index in [0.29, 0.717) is 25.8 Å². The van der Waals surface area contributed by atoms with Gasteiger partial charge in [-0.15, -0.1) is 0 Å². The van der Waals surface area contributed by atoms with Gasteiger partial charge in [0.2, 0.25) is 0 Å². The van der Waals surface area contributed by atoms with E-state index in [2.05, 4.69) is 40.2 Å². The molecule has 1 aromatic heterocycles. The number of ether oxygens (including phenoxy) is 1. The lowest BCUT2D eigenvalue weighted by Crippen LogP contribution is -2.48. The standard InChI is InChI=1S/C23H23N3O2/c1-28-23(27)21-14-18-17-10-5-6-11-19(17)25-22(18)20(12-7-13-24)26(21)15-16-8-3-2-4-9-16/h2-6,8-11,20-21,25H,7,12,14-15H2,1H3/t20-,21-/m0/s1. The molecule has 4 rings (SSSR count). The number of methoxy groups -OCH3 is 1. The van der Waals surface area contributed by atoms with Gasteiger partial charge in [0, 0.05) is 36.0 Å². The lowest BCUT2D eigenvalue weighted by molar-refractivity contribution is -0.149. The van der Waals surface area contributed by atoms with Crippen molar-refractivity contribution in [2.75, 3.05) is 7.11 Å². The van der Waals surface area contributed by atoms with E-state index in [0.717, 1.165) is 22.2 Å². The van der Waals surface area contributed by atoms with Crippen LogP contribution < -0.4 is 0 Å². The van der Waals surface area contributed by atoms with Crippen LogP contribution in [0.1, 0.15) is 35.7 Å². The summed E-state index contributed by atoms with van der Waals surface area (Å²) in [7, 11) is 1.44. The fourth-order valence-corrected chi connectivity index (χ4v) is 4.30. The van der Waals surface area contributed by atoms with Gasteiger partial charge in [-0.05, 0) is 23.6 Å². The number of esters is 1. The van der Waals surface area contributed by atoms with Crippen LogP contribution >= 0.6 is 0 Å². The fourth-order valence-electron chi connectivity index (χ4n) is 4.30. The molecule has 1 aliphatic heterocycles. The Morgan fingerprint density at radius 1 is 1.21 bits per heavy atom. The molecule has 0 spiro atoms. The van der Waals surface area contributed by atoms with Crippen LogP contribution in [-0.4, -0.2) is 29.0 Å². The zero-order valence-electron chi connectivity index (χ0n) is 15.9. The van der Waals surface area contributed by atoms with Gasteiger partial charge in [-0.2, -0.15) is 5.26 Å². The third kappa shape index (κ3) is 3.28. The first-order valence-corrected chi connectivity index (χ1v) is 9.57. The first-order chi connectivity index (χ1) is 13.7. The molecule has 2 heterocycles. The highest BCUT2D eigenvalue weighted by atomic mass is 16.5. The van der Waals surface area contributed by atoms with E-state index in [4.69, 9.17) is 4.74 Å². The van der Waals surface area contributed by atoms with Crippen molar-refractivity contribution in [3.63, 3.8) is 0 Å². The zero-order chi connectivity index (χ0) is 19.5. The van der Waals surface area contributed by atoms with Gasteiger partial charge in [0.15, 0.2) is 0 Å². The summed E-state index contributed by atoms with van der Waals surface area (Å²) in [5, 5.41) is 10.4. The van der Waals surface area contributed by atoms with Gasteiger partial charge in [0.25, 0.3) is 0 Å². The molecule has 5 heteroatoms. The number of hydrogen-bond acceptors (Lipinski definition) is 4. The third-order valence-electron chi connectivity index (χ3n) is 5.59. The van der Waals surface area contributed by atoms with Gasteiger partial charge in [-0.3, -0.25) is 9.69 Å². The number of carbonyl (C=O) groups excluding carboxylic acids is 1. The van der Waals surface area contributed by atoms with Crippen molar-refractivity contribution in [1.82, 2.24) is 9.88 Å². The van der Waals surface area contributed by atoms with E-state index in [1.54, 1.807) is 0 Å². The third-order valence-corrected chi connectivity index (χ3v) is 5.59. The largest absolute Gasteiger partial charge is 0.468 e. The maximum absolute atomic E-state index is 12.7. The first-order valence-electron chi connectivity index (χ1n) is 9.57. The number of nitrogens with zero attached hydrogens (tertiary/aromatic N) is 2. The maximum Gasteiger partial charge on any atom is 0.323 e. The van der Waals surface area contributed by atoms with Crippen molar-refractivity contribution in [3.05, 3.63) is 71.4 Å². The lowest BCUT2D eigenvalue weighted by Gasteiger charge is -2.40. The number of aromatic nitrogens is 1. The maximum atomic E-state index is 12.7. The highest BCUT2D eigenvalue weighted by Gasteiger charge is 2.40. The molecule has 0 unspecified atom stereocenters. The number of fused-ring (bicyclic) bond motifs is 3. The second-order valence-electron chi connectivity index (χ2n) is 7.18. The Morgan fingerprint density at radius 3 is 2.71 bits per heavy atom. The molecular weight excluding hydrogens is 350 g/mol. The number of nitrogens with one attached hydrogen (secondary N) is 1. The topological polar surface area (TPSA) is 69.1 Å². The van der Waals surface area contributed by atoms with Gasteiger partial charge < -0.3 is 9.72 Å². The number of nitriles is 1. The number of rotatable bonds is 5. The minimum Gasteiger partial charge on any atom is -0.468 e. The summed E-state index contributed by atoms with van der Waals surface area (Å²) in [5.41, 5.74) is 4.49. The number of para-hydroxylation sites is 1. The summed E-state index contributed by atoms with van der Waals surface area (Å²) in [6.07, 6.45) is 1.69. The van der Waals surface area contributed by atoms with Gasteiger partial charge in [-0.25, -0.2) is 0 Å². The molecule has 28 heavy (non-hydrogen) atoms. The van der Waals surface area contributed by atoms with E-state index < -0.39 is 0 Å². The molecule has 1 N–H and O–H groups in total. The average Bonchev–Trinajstić information content (AvgIpc) is 3.11. The average molecular weight is 373 g/mol. The number of carbonyl (C=O) groups is 1. The first kappa shape index (κ1) is 18.3. The Bertz CT molecular complexity index is 1020. The highest BCUT2D eigenvalue weighted by Crippen LogP contribution is 2.40. The van der Waals surface area contributed by atoms with Crippen LogP contribution in [0.2, 0.25) is 0 Å². The molecule has 0 amide bonds. The quantitative estimate of drug-likeness (QED) is 0.683. The van der Waals surface area contributed by atoms with Crippen LogP contribution in [0.15, 0.2) is 54.6 Å². The van der Waals surface area contributed by atoms with E-state index in [1.165, 1.54) is 12.7 Å². The molecule has 2 aromatic carbocycles. The zero-order valence-corrected chi connectivity index (χ0v) is 15.9. The number of aromatic amines is 1. The summed E-state index contributed by atoms with van der Waals surface area (Å²) < 4.78 is 5.16. The molecule has 0 radical (unpaired) electrons. The predicted molar refractivity (Wildman–Crippen MR) is 107 cm³/mol. The molecule has 3 aromatic rings. The molecule has 0 aliphatic carbocycles. The smallest absolute Gasteiger partial charge is 0.323 e. The van der Waals surface area contributed by atoms with Crippen LogP contribution in [0.25, 0.3) is 10.9 Å². The molecular formula is C23H23N3O2. The van der Waals surface area contributed by atoms with Crippen LogP contribution in [0, 0.1) is 11.3 Å². The Balaban J connectivity index is 1.82. The molecule has 0 fully saturated rings. The Hall–Kier alpha value is -3.10. The van der Waals surface area contributed by atoms with Crippen LogP contribution in [0.4, 0.5) is 0 Å². The van der Waals surface area contributed by atoms with Gasteiger partial charge >= 0.3 is 5.97 Å². The van der Waals surface area contributed by atoms with Crippen molar-refractivity contribution in [1.29, 1.82) is 5.26 Å². The van der Waals surface area contributed by atoms with E-state index >= 15 is 0 Å². The predicted octanol–water partition coefficient (Wildman–Crippen LogP) is 4.11. The Morgan fingerprint density at radius 2 is 1.96 bits per heavy atom. The second kappa shape index (κ2) is 7.87. The van der Waals surface area contributed by atoms with Crippen molar-refractivity contribution in [3.8, 4) is 6.07 Å². The Labute approximate surface area is 164 Å². The van der Waals surface area contributed by atoms with Crippen molar-refractivity contribution < 1.29 is 9.53 Å². The highest BCUT2D eigenvalue weighted by molar-refractivity contribution is 5.87. The molecule has 1 aliphatic rings. The second-order valence-corrected chi connectivity index (χ2v) is 7.18. The molecule has 5 nitrogen and oxygen atoms in total. The van der Waals surface area contributed by atoms with Crippen molar-refractivity contribution in [2.45, 2.75) is 37.9 Å². The number of benzene rings is 2. The summed E-state index contributed by atoms with van der Waals surface area (Å²) in [6, 6.07) is 20.2. The van der Waals surface area contributed by atoms with Crippen LogP contribution in [-0.2, 0) is 22.5 Å². The summed E-state index contributed by atoms with van der Waals surface area (Å²) in [5.74, 6) is -0.228. The van der Waals surface area contributed by atoms with E-state index in [1.807, 2.05) is 30.3 Å². The van der Waals surface area contributed by atoms with Gasteiger partial charge in [0.05, 0.1) is 19.2 Å². The van der Waals surface area contributed by atoms with E-state index in [9.17, 15) is 10.1 Å². The van der Waals surface area contributed by atoms with Crippen molar-refractivity contribution in [2.24, 2.45) is 0 Å². The SMILES string of the molecule is COC(=O)[C@@H]1Cc2c([nH]c3ccccc23)[C@H](CCC#N)N1Cc1ccccc1. The number of hydrogen-bond donors (Lipinski definition) is 1. The molecule has 0 saturated heterocycles. The number of H-pyrrole nitrogens is 1. The molecule has 0 saturated carbocycles. The molecule has 0 bridgehead atoms. The summed E-state index contributed by atoms with van der Waals surface area (Å²) >= 11 is 0. The van der Waals surface area contributed by atoms with Crippen LogP contribution in [0.5, 0.6) is 0 Å². The van der Waals surface area contributed by atoms with Crippen LogP contribution in [0.3, 0.4) is 0 Å². The minimum absolute atomic E-state index is 0.0416. The summed E-state index contributed by atoms with van der Waals surface area (Å²) in [6.45, 7) is 0.630. The van der Waals surface area contributed by atoms with Crippen molar-refractivity contribution >= 4 is 16.9 Å². The monoisotopic (exact) mass is 373 g/mol. The van der Waals surface area contributed by atoms with Gasteiger partial charge in [0.1, 0.15) is 6.04 Å².